The van der Waals surface area contributed by atoms with Crippen LogP contribution in [0, 0.1) is 18.3 Å². The second-order valence-electron chi connectivity index (χ2n) is 4.71. The largest absolute Gasteiger partial charge is 0.481 e. The normalized spacial score (nSPS) is 20.2. The molecule has 1 fully saturated rings. The molecule has 1 aromatic rings. The SMILES string of the molecule is C#Cc1ccc(S(=O)(=O)N2CCCC(C(=O)O)C2)cc1. The highest BCUT2D eigenvalue weighted by Crippen LogP contribution is 2.24. The van der Waals surface area contributed by atoms with E-state index in [2.05, 4.69) is 5.92 Å². The van der Waals surface area contributed by atoms with Crippen molar-refractivity contribution in [2.24, 2.45) is 5.92 Å². The lowest BCUT2D eigenvalue weighted by Gasteiger charge is -2.29. The van der Waals surface area contributed by atoms with Crippen LogP contribution in [0.5, 0.6) is 0 Å². The predicted octanol–water partition coefficient (Wildman–Crippen LogP) is 1.15. The fraction of sp³-hybridized carbons (Fsp3) is 0.357. The molecule has 0 aliphatic carbocycles. The molecule has 1 atom stereocenters. The van der Waals surface area contributed by atoms with Crippen LogP contribution in [0.3, 0.4) is 0 Å². The van der Waals surface area contributed by atoms with Crippen LogP contribution < -0.4 is 0 Å². The van der Waals surface area contributed by atoms with Crippen LogP contribution >= 0.6 is 0 Å². The zero-order valence-corrected chi connectivity index (χ0v) is 11.6. The van der Waals surface area contributed by atoms with E-state index >= 15 is 0 Å². The van der Waals surface area contributed by atoms with E-state index < -0.39 is 21.9 Å². The second kappa shape index (κ2) is 5.65. The molecule has 1 N–H and O–H groups in total. The molecule has 1 aliphatic heterocycles. The fourth-order valence-electron chi connectivity index (χ4n) is 2.23. The molecule has 0 radical (unpaired) electrons. The molecular formula is C14H15NO4S. The molecule has 20 heavy (non-hydrogen) atoms. The van der Waals surface area contributed by atoms with Gasteiger partial charge in [-0.2, -0.15) is 4.31 Å². The summed E-state index contributed by atoms with van der Waals surface area (Å²) in [7, 11) is -3.65. The molecule has 0 saturated carbocycles. The molecule has 1 saturated heterocycles. The van der Waals surface area contributed by atoms with Gasteiger partial charge in [-0.25, -0.2) is 8.42 Å². The van der Waals surface area contributed by atoms with Gasteiger partial charge in [-0.1, -0.05) is 5.92 Å². The van der Waals surface area contributed by atoms with Gasteiger partial charge in [0.25, 0.3) is 0 Å². The maximum absolute atomic E-state index is 12.4. The highest BCUT2D eigenvalue weighted by molar-refractivity contribution is 7.89. The first-order valence-corrected chi connectivity index (χ1v) is 7.69. The van der Waals surface area contributed by atoms with Gasteiger partial charge in [0.15, 0.2) is 0 Å². The van der Waals surface area contributed by atoms with E-state index in [-0.39, 0.29) is 11.4 Å². The van der Waals surface area contributed by atoms with Gasteiger partial charge < -0.3 is 5.11 Å². The Morgan fingerprint density at radius 2 is 2.00 bits per heavy atom. The number of carboxylic acids is 1. The number of carboxylic acid groups (broad SMARTS) is 1. The first-order valence-electron chi connectivity index (χ1n) is 6.25. The van der Waals surface area contributed by atoms with Crippen molar-refractivity contribution in [1.82, 2.24) is 4.31 Å². The van der Waals surface area contributed by atoms with Crippen molar-refractivity contribution >= 4 is 16.0 Å². The maximum Gasteiger partial charge on any atom is 0.307 e. The highest BCUT2D eigenvalue weighted by Gasteiger charge is 2.33. The zero-order chi connectivity index (χ0) is 14.8. The van der Waals surface area contributed by atoms with E-state index in [1.807, 2.05) is 0 Å². The van der Waals surface area contributed by atoms with Crippen LogP contribution in [-0.2, 0) is 14.8 Å². The average Bonchev–Trinajstić information content (AvgIpc) is 2.47. The molecule has 0 bridgehead atoms. The van der Waals surface area contributed by atoms with Crippen LogP contribution in [0.25, 0.3) is 0 Å². The Labute approximate surface area is 118 Å². The maximum atomic E-state index is 12.4. The van der Waals surface area contributed by atoms with Crippen molar-refractivity contribution in [2.75, 3.05) is 13.1 Å². The first kappa shape index (κ1) is 14.6. The van der Waals surface area contributed by atoms with E-state index in [9.17, 15) is 13.2 Å². The summed E-state index contributed by atoms with van der Waals surface area (Å²) < 4.78 is 26.1. The van der Waals surface area contributed by atoms with Crippen molar-refractivity contribution in [3.8, 4) is 12.3 Å². The molecule has 2 rings (SSSR count). The molecule has 1 heterocycles. The standard InChI is InChI=1S/C14H15NO4S/c1-2-11-5-7-13(8-6-11)20(18,19)15-9-3-4-12(10-15)14(16)17/h1,5-8,12H,3-4,9-10H2,(H,16,17). The molecule has 0 amide bonds. The Bertz CT molecular complexity index is 643. The van der Waals surface area contributed by atoms with Crippen molar-refractivity contribution in [1.29, 1.82) is 0 Å². The second-order valence-corrected chi connectivity index (χ2v) is 6.65. The lowest BCUT2D eigenvalue weighted by Crippen LogP contribution is -2.42. The summed E-state index contributed by atoms with van der Waals surface area (Å²) in [6.07, 6.45) is 6.29. The van der Waals surface area contributed by atoms with Crippen LogP contribution in [0.4, 0.5) is 0 Å². The summed E-state index contributed by atoms with van der Waals surface area (Å²) in [5.41, 5.74) is 0.603. The number of benzene rings is 1. The summed E-state index contributed by atoms with van der Waals surface area (Å²) >= 11 is 0. The topological polar surface area (TPSA) is 74.7 Å². The Kier molecular flexibility index (Phi) is 4.12. The molecular weight excluding hydrogens is 278 g/mol. The van der Waals surface area contributed by atoms with Gasteiger partial charge in [-0.05, 0) is 37.1 Å². The smallest absolute Gasteiger partial charge is 0.307 e. The summed E-state index contributed by atoms with van der Waals surface area (Å²) in [5, 5.41) is 9.02. The number of hydrogen-bond acceptors (Lipinski definition) is 3. The molecule has 5 nitrogen and oxygen atoms in total. The highest BCUT2D eigenvalue weighted by atomic mass is 32.2. The summed E-state index contributed by atoms with van der Waals surface area (Å²) in [6.45, 7) is 0.373. The Hall–Kier alpha value is -1.84. The average molecular weight is 293 g/mol. The van der Waals surface area contributed by atoms with Crippen LogP contribution in [0.15, 0.2) is 29.2 Å². The van der Waals surface area contributed by atoms with E-state index in [1.54, 1.807) is 12.1 Å². The number of rotatable bonds is 3. The number of sulfonamides is 1. The Morgan fingerprint density at radius 1 is 1.35 bits per heavy atom. The first-order chi connectivity index (χ1) is 9.45. The third-order valence-electron chi connectivity index (χ3n) is 3.39. The van der Waals surface area contributed by atoms with Gasteiger partial charge in [0, 0.05) is 18.7 Å². The van der Waals surface area contributed by atoms with E-state index in [0.29, 0.717) is 24.9 Å². The summed E-state index contributed by atoms with van der Waals surface area (Å²) in [6, 6.07) is 6.03. The minimum atomic E-state index is -3.65. The third-order valence-corrected chi connectivity index (χ3v) is 5.27. The molecule has 0 spiro atoms. The van der Waals surface area contributed by atoms with Gasteiger partial charge in [0.05, 0.1) is 10.8 Å². The Morgan fingerprint density at radius 3 is 2.55 bits per heavy atom. The van der Waals surface area contributed by atoms with Crippen LogP contribution in [0.2, 0.25) is 0 Å². The van der Waals surface area contributed by atoms with Crippen LogP contribution in [-0.4, -0.2) is 36.9 Å². The molecule has 1 unspecified atom stereocenters. The lowest BCUT2D eigenvalue weighted by molar-refractivity contribution is -0.142. The van der Waals surface area contributed by atoms with Gasteiger partial charge in [-0.15, -0.1) is 6.42 Å². The van der Waals surface area contributed by atoms with E-state index in [0.717, 1.165) is 0 Å². The van der Waals surface area contributed by atoms with Crippen LogP contribution in [0.1, 0.15) is 18.4 Å². The van der Waals surface area contributed by atoms with Crippen molar-refractivity contribution < 1.29 is 18.3 Å². The number of hydrogen-bond donors (Lipinski definition) is 1. The van der Waals surface area contributed by atoms with Crippen molar-refractivity contribution in [2.45, 2.75) is 17.7 Å². The number of aliphatic carboxylic acids is 1. The number of nitrogens with zero attached hydrogens (tertiary/aromatic N) is 1. The minimum Gasteiger partial charge on any atom is -0.481 e. The molecule has 6 heteroatoms. The number of terminal acetylenes is 1. The lowest BCUT2D eigenvalue weighted by atomic mass is 10.0. The van der Waals surface area contributed by atoms with E-state index in [1.165, 1.54) is 16.4 Å². The van der Waals surface area contributed by atoms with E-state index in [4.69, 9.17) is 11.5 Å². The Balaban J connectivity index is 2.25. The fourth-order valence-corrected chi connectivity index (χ4v) is 3.76. The van der Waals surface area contributed by atoms with Crippen molar-refractivity contribution in [3.63, 3.8) is 0 Å². The number of carbonyl (C=O) groups is 1. The molecule has 0 aromatic heterocycles. The monoisotopic (exact) mass is 293 g/mol. The third kappa shape index (κ3) is 2.84. The quantitative estimate of drug-likeness (QED) is 0.848. The summed E-state index contributed by atoms with van der Waals surface area (Å²) in [4.78, 5) is 11.1. The van der Waals surface area contributed by atoms with Gasteiger partial charge in [0.1, 0.15) is 0 Å². The van der Waals surface area contributed by atoms with Gasteiger partial charge in [-0.3, -0.25) is 4.79 Å². The zero-order valence-electron chi connectivity index (χ0n) is 10.8. The number of piperidine rings is 1. The molecule has 106 valence electrons. The predicted molar refractivity (Wildman–Crippen MR) is 73.5 cm³/mol. The summed E-state index contributed by atoms with van der Waals surface area (Å²) in [5.74, 6) is 0.834. The van der Waals surface area contributed by atoms with Gasteiger partial charge in [0.2, 0.25) is 10.0 Å². The molecule has 1 aliphatic rings. The minimum absolute atomic E-state index is 0.0224. The molecule has 1 aromatic carbocycles. The van der Waals surface area contributed by atoms with Gasteiger partial charge >= 0.3 is 5.97 Å². The van der Waals surface area contributed by atoms with Crippen molar-refractivity contribution in [3.05, 3.63) is 29.8 Å².